The Morgan fingerprint density at radius 2 is 0.577 bits per heavy atom. The summed E-state index contributed by atoms with van der Waals surface area (Å²) >= 11 is 0. The Morgan fingerprint density at radius 3 is 0.827 bits per heavy atom. The number of hydrogen-bond acceptors (Lipinski definition) is 12. The van der Waals surface area contributed by atoms with E-state index in [9.17, 15) is 0 Å². The molecule has 16 heteroatoms. The molecule has 0 aliphatic carbocycles. The molecule has 15 nitrogen and oxygen atoms in total. The molecular weight excluding hydrogens is 794 g/mol. The van der Waals surface area contributed by atoms with E-state index in [1.807, 2.05) is 109 Å². The van der Waals surface area contributed by atoms with Gasteiger partial charge in [0.1, 0.15) is 36.1 Å². The molecule has 0 fully saturated rings. The van der Waals surface area contributed by atoms with Crippen molar-refractivity contribution in [2.75, 3.05) is 0 Å². The van der Waals surface area contributed by atoms with Crippen LogP contribution in [0.15, 0.2) is 147 Å². The summed E-state index contributed by atoms with van der Waals surface area (Å²) in [6.07, 6.45) is 9.63. The number of hydrogen-bond donors (Lipinski definition) is 3. The van der Waals surface area contributed by atoms with Crippen LogP contribution in [0, 0.1) is 49.4 Å². The average Bonchev–Trinajstić information content (AvgIpc) is 4.05. The van der Waals surface area contributed by atoms with Crippen LogP contribution in [-0.4, -0.2) is 75.4 Å². The van der Waals surface area contributed by atoms with Gasteiger partial charge in [-0.3, -0.25) is 30.2 Å². The first-order chi connectivity index (χ1) is 25.3. The quantitative estimate of drug-likeness (QED) is 0.183. The predicted octanol–water partition coefficient (Wildman–Crippen LogP) is 5.79. The molecule has 9 aromatic heterocycles. The third-order valence-electron chi connectivity index (χ3n) is 7.00. The summed E-state index contributed by atoms with van der Waals surface area (Å²) in [6.45, 7) is 0. The summed E-state index contributed by atoms with van der Waals surface area (Å²) in [7, 11) is 0. The normalized spacial score (nSPS) is 10.2. The Hall–Kier alpha value is -6.10. The maximum Gasteiger partial charge on any atom is 0.174 e. The molecule has 0 aromatic carbocycles. The van der Waals surface area contributed by atoms with E-state index in [2.05, 4.69) is 75.4 Å². The second-order valence-corrected chi connectivity index (χ2v) is 10.4. The van der Waals surface area contributed by atoms with Gasteiger partial charge in [0.05, 0.1) is 34.2 Å². The fourth-order valence-corrected chi connectivity index (χ4v) is 4.66. The molecule has 0 saturated heterocycles. The van der Waals surface area contributed by atoms with Gasteiger partial charge in [0, 0.05) is 68.0 Å². The predicted molar refractivity (Wildman–Crippen MR) is 189 cm³/mol. The van der Waals surface area contributed by atoms with Gasteiger partial charge in [-0.1, -0.05) is 36.4 Å². The molecule has 9 rings (SSSR count). The van der Waals surface area contributed by atoms with E-state index in [-0.39, 0.29) is 49.4 Å². The number of H-pyrrole nitrogens is 3. The molecule has 52 heavy (non-hydrogen) atoms. The van der Waals surface area contributed by atoms with Gasteiger partial charge in [-0.05, 0) is 72.8 Å². The molecule has 1 radical (unpaired) electrons. The average molecular weight is 822 g/mol. The van der Waals surface area contributed by atoms with Crippen LogP contribution in [0.4, 0.5) is 0 Å². The first-order valence-corrected chi connectivity index (χ1v) is 15.5. The third kappa shape index (κ3) is 9.36. The van der Waals surface area contributed by atoms with Crippen molar-refractivity contribution in [3.05, 3.63) is 147 Å². The molecule has 0 unspecified atom stereocenters. The number of aromatic nitrogens is 15. The molecule has 0 aliphatic heterocycles. The minimum absolute atomic E-state index is 0. The number of nitrogens with zero attached hydrogens (tertiary/aromatic N) is 12. The first-order valence-electron chi connectivity index (χ1n) is 15.5. The summed E-state index contributed by atoms with van der Waals surface area (Å²) in [5.74, 6) is 1.97. The van der Waals surface area contributed by atoms with E-state index in [4.69, 9.17) is 0 Å². The van der Waals surface area contributed by atoms with Crippen LogP contribution >= 0.6 is 0 Å². The van der Waals surface area contributed by atoms with Gasteiger partial charge in [0.25, 0.3) is 0 Å². The molecular formula is C36H27EuN15. The Labute approximate surface area is 337 Å². The zero-order chi connectivity index (χ0) is 34.5. The van der Waals surface area contributed by atoms with Crippen molar-refractivity contribution in [1.82, 2.24) is 75.4 Å². The van der Waals surface area contributed by atoms with Crippen molar-refractivity contribution in [1.29, 1.82) is 0 Å². The van der Waals surface area contributed by atoms with Crippen LogP contribution in [0.5, 0.6) is 0 Å². The van der Waals surface area contributed by atoms with Crippen LogP contribution in [0.3, 0.4) is 0 Å². The number of rotatable bonds is 6. The minimum Gasteiger partial charge on any atom is -0.258 e. The van der Waals surface area contributed by atoms with Gasteiger partial charge in [-0.2, -0.15) is 15.3 Å². The van der Waals surface area contributed by atoms with E-state index in [0.717, 1.165) is 51.2 Å². The zero-order valence-electron chi connectivity index (χ0n) is 27.1. The van der Waals surface area contributed by atoms with Gasteiger partial charge in [0.15, 0.2) is 17.5 Å². The van der Waals surface area contributed by atoms with Crippen LogP contribution in [-0.2, 0) is 0 Å². The topological polar surface area (TPSA) is 202 Å². The van der Waals surface area contributed by atoms with Crippen molar-refractivity contribution in [3.8, 4) is 68.7 Å². The fourth-order valence-electron chi connectivity index (χ4n) is 4.66. The summed E-state index contributed by atoms with van der Waals surface area (Å²) in [4.78, 5) is 38.5. The fraction of sp³-hybridized carbons (Fsp3) is 0. The van der Waals surface area contributed by atoms with Crippen molar-refractivity contribution >= 4 is 0 Å². The zero-order valence-corrected chi connectivity index (χ0v) is 29.5. The van der Waals surface area contributed by atoms with E-state index in [1.165, 1.54) is 19.0 Å². The molecule has 253 valence electrons. The second-order valence-electron chi connectivity index (χ2n) is 10.4. The smallest absolute Gasteiger partial charge is 0.174 e. The Balaban J connectivity index is 0.000000133. The van der Waals surface area contributed by atoms with Crippen LogP contribution in [0.2, 0.25) is 0 Å². The Bertz CT molecular complexity index is 2090. The van der Waals surface area contributed by atoms with Crippen LogP contribution < -0.4 is 0 Å². The maximum absolute atomic E-state index is 4.49. The Morgan fingerprint density at radius 1 is 0.288 bits per heavy atom. The molecule has 0 spiro atoms. The standard InChI is InChI=1S/3C12H9N5.Eu/c3*1-2-7-13-9(4-1)10-5-3-6-11(16-10)12-14-8-15-17-12;/h3*1-8H,(H,14,15,17);. The molecule has 9 heterocycles. The summed E-state index contributed by atoms with van der Waals surface area (Å²) in [5.41, 5.74) is 7.25. The van der Waals surface area contributed by atoms with Crippen LogP contribution in [0.1, 0.15) is 0 Å². The second kappa shape index (κ2) is 18.2. The van der Waals surface area contributed by atoms with E-state index in [0.29, 0.717) is 17.5 Å². The van der Waals surface area contributed by atoms with E-state index in [1.54, 1.807) is 18.6 Å². The molecule has 0 atom stereocenters. The summed E-state index contributed by atoms with van der Waals surface area (Å²) < 4.78 is 0. The molecule has 3 N–H and O–H groups in total. The summed E-state index contributed by atoms with van der Waals surface area (Å²) in [6, 6.07) is 34.4. The molecule has 9 aromatic rings. The van der Waals surface area contributed by atoms with Gasteiger partial charge in [-0.25, -0.2) is 29.9 Å². The maximum atomic E-state index is 4.49. The number of aromatic amines is 3. The SMILES string of the molecule is [Eu].c1ccc(-c2cccc(-c3ncn[nH]3)n2)nc1.c1ccc(-c2cccc(-c3ncn[nH]3)n2)nc1.c1ccc(-c2cccc(-c3ncn[nH]3)n2)nc1. The first kappa shape index (κ1) is 35.7. The van der Waals surface area contributed by atoms with Gasteiger partial charge < -0.3 is 0 Å². The van der Waals surface area contributed by atoms with Crippen molar-refractivity contribution in [3.63, 3.8) is 0 Å². The molecule has 0 bridgehead atoms. The largest absolute Gasteiger partial charge is 0.258 e. The van der Waals surface area contributed by atoms with E-state index < -0.39 is 0 Å². The molecule has 0 saturated carbocycles. The monoisotopic (exact) mass is 822 g/mol. The van der Waals surface area contributed by atoms with Gasteiger partial charge >= 0.3 is 0 Å². The van der Waals surface area contributed by atoms with Crippen molar-refractivity contribution in [2.45, 2.75) is 0 Å². The summed E-state index contributed by atoms with van der Waals surface area (Å²) in [5, 5.41) is 19.8. The van der Waals surface area contributed by atoms with Crippen molar-refractivity contribution < 1.29 is 49.4 Å². The molecule has 0 aliphatic rings. The van der Waals surface area contributed by atoms with Crippen LogP contribution in [0.25, 0.3) is 68.7 Å². The molecule has 0 amide bonds. The minimum atomic E-state index is 0. The number of nitrogens with one attached hydrogen (secondary N) is 3. The number of pyridine rings is 6. The Kier molecular flexibility index (Phi) is 12.5. The van der Waals surface area contributed by atoms with Crippen molar-refractivity contribution in [2.24, 2.45) is 0 Å². The van der Waals surface area contributed by atoms with Gasteiger partial charge in [-0.15, -0.1) is 0 Å². The van der Waals surface area contributed by atoms with E-state index >= 15 is 0 Å². The van der Waals surface area contributed by atoms with Gasteiger partial charge in [0.2, 0.25) is 0 Å². The third-order valence-corrected chi connectivity index (χ3v) is 7.00.